The van der Waals surface area contributed by atoms with Gasteiger partial charge in [0.2, 0.25) is 10.0 Å². The molecule has 0 aliphatic carbocycles. The molecule has 0 radical (unpaired) electrons. The topological polar surface area (TPSA) is 96.6 Å². The lowest BCUT2D eigenvalue weighted by atomic mass is 10.1. The van der Waals surface area contributed by atoms with E-state index in [0.717, 1.165) is 0 Å². The number of nitrogens with zero attached hydrogens (tertiary/aromatic N) is 1. The zero-order chi connectivity index (χ0) is 17.3. The van der Waals surface area contributed by atoms with Gasteiger partial charge in [-0.2, -0.15) is 0 Å². The summed E-state index contributed by atoms with van der Waals surface area (Å²) < 4.78 is 36.2. The number of rotatable bonds is 8. The summed E-state index contributed by atoms with van der Waals surface area (Å²) in [7, 11) is -3.50. The number of hydrogen-bond donors (Lipinski definition) is 3. The molecule has 0 aliphatic rings. The van der Waals surface area contributed by atoms with E-state index in [1.54, 1.807) is 12.1 Å². The van der Waals surface area contributed by atoms with Crippen LogP contribution in [-0.2, 0) is 16.4 Å². The third-order valence-electron chi connectivity index (χ3n) is 2.91. The largest absolute Gasteiger partial charge is 0.357 e. The number of nitrogens with one attached hydrogen (secondary N) is 2. The standard InChI is InChI=1S/C14H22BrFN4O2S.HI/c1-2-18-14(20-8-9-23(17,21)22)19-7-3-4-11-5-6-12(15)10-13(11)16;/h5-6,10H,2-4,7-9H2,1H3,(H2,17,21,22)(H2,18,19,20);1H. The van der Waals surface area contributed by atoms with Crippen LogP contribution in [0.4, 0.5) is 4.39 Å². The number of guanidine groups is 1. The van der Waals surface area contributed by atoms with Crippen molar-refractivity contribution in [2.75, 3.05) is 25.4 Å². The molecule has 1 aromatic carbocycles. The molecule has 0 saturated heterocycles. The molecule has 0 bridgehead atoms. The molecule has 0 atom stereocenters. The predicted octanol–water partition coefficient (Wildman–Crippen LogP) is 1.98. The first kappa shape index (κ1) is 23.5. The molecule has 24 heavy (non-hydrogen) atoms. The molecular weight excluding hydrogens is 514 g/mol. The van der Waals surface area contributed by atoms with Crippen molar-refractivity contribution < 1.29 is 12.8 Å². The number of benzene rings is 1. The van der Waals surface area contributed by atoms with Crippen LogP contribution in [0.15, 0.2) is 27.7 Å². The van der Waals surface area contributed by atoms with E-state index in [9.17, 15) is 12.8 Å². The predicted molar refractivity (Wildman–Crippen MR) is 110 cm³/mol. The molecule has 1 aromatic rings. The Morgan fingerprint density at radius 3 is 2.67 bits per heavy atom. The Morgan fingerprint density at radius 2 is 2.08 bits per heavy atom. The first-order valence-electron chi connectivity index (χ1n) is 7.28. The molecular formula is C14H23BrFIN4O2S. The van der Waals surface area contributed by atoms with Crippen molar-refractivity contribution in [2.45, 2.75) is 19.8 Å². The molecule has 0 saturated carbocycles. The number of primary sulfonamides is 1. The van der Waals surface area contributed by atoms with Crippen molar-refractivity contribution >= 4 is 55.9 Å². The average Bonchev–Trinajstić information content (AvgIpc) is 2.44. The first-order chi connectivity index (χ1) is 10.8. The smallest absolute Gasteiger partial charge is 0.210 e. The van der Waals surface area contributed by atoms with Gasteiger partial charge in [-0.05, 0) is 37.5 Å². The highest BCUT2D eigenvalue weighted by atomic mass is 127. The molecule has 138 valence electrons. The summed E-state index contributed by atoms with van der Waals surface area (Å²) in [5.41, 5.74) is 0.649. The summed E-state index contributed by atoms with van der Waals surface area (Å²) in [5.74, 6) is 0.121. The van der Waals surface area contributed by atoms with Gasteiger partial charge in [0.25, 0.3) is 0 Å². The minimum Gasteiger partial charge on any atom is -0.357 e. The summed E-state index contributed by atoms with van der Waals surface area (Å²) >= 11 is 3.22. The highest BCUT2D eigenvalue weighted by molar-refractivity contribution is 14.0. The van der Waals surface area contributed by atoms with Crippen molar-refractivity contribution in [1.29, 1.82) is 0 Å². The fourth-order valence-corrected chi connectivity index (χ4v) is 2.56. The maximum atomic E-state index is 13.7. The van der Waals surface area contributed by atoms with Crippen LogP contribution >= 0.6 is 39.9 Å². The second-order valence-electron chi connectivity index (χ2n) is 4.89. The minimum absolute atomic E-state index is 0. The summed E-state index contributed by atoms with van der Waals surface area (Å²) in [6.45, 7) is 3.25. The van der Waals surface area contributed by atoms with Crippen molar-refractivity contribution in [2.24, 2.45) is 10.1 Å². The normalized spacial score (nSPS) is 11.8. The molecule has 0 spiro atoms. The minimum atomic E-state index is -3.50. The van der Waals surface area contributed by atoms with E-state index in [2.05, 4.69) is 31.6 Å². The highest BCUT2D eigenvalue weighted by Gasteiger charge is 2.04. The zero-order valence-corrected chi connectivity index (χ0v) is 18.1. The Morgan fingerprint density at radius 1 is 1.38 bits per heavy atom. The molecule has 1 rings (SSSR count). The Balaban J connectivity index is 0.00000529. The number of sulfonamides is 1. The molecule has 0 unspecified atom stereocenters. The van der Waals surface area contributed by atoms with Crippen LogP contribution in [0.1, 0.15) is 18.9 Å². The summed E-state index contributed by atoms with van der Waals surface area (Å²) in [4.78, 5) is 4.32. The van der Waals surface area contributed by atoms with E-state index in [4.69, 9.17) is 5.14 Å². The van der Waals surface area contributed by atoms with Crippen LogP contribution in [0.3, 0.4) is 0 Å². The summed E-state index contributed by atoms with van der Waals surface area (Å²) in [5, 5.41) is 10.8. The Labute approximate surface area is 168 Å². The maximum Gasteiger partial charge on any atom is 0.210 e. The lowest BCUT2D eigenvalue weighted by Gasteiger charge is -2.10. The molecule has 0 heterocycles. The quantitative estimate of drug-likeness (QED) is 0.205. The van der Waals surface area contributed by atoms with Gasteiger partial charge < -0.3 is 10.6 Å². The Bertz CT molecular complexity index is 644. The average molecular weight is 537 g/mol. The molecule has 0 fully saturated rings. The lowest BCUT2D eigenvalue weighted by molar-refractivity contribution is 0.596. The number of halogens is 3. The van der Waals surface area contributed by atoms with E-state index in [0.29, 0.717) is 41.9 Å². The maximum absolute atomic E-state index is 13.7. The SMILES string of the molecule is CCNC(=NCCCc1ccc(Br)cc1F)NCCS(N)(=O)=O.I. The fraction of sp³-hybridized carbons (Fsp3) is 0.500. The number of nitrogens with two attached hydrogens (primary N) is 1. The number of aliphatic imine (C=N–C) groups is 1. The fourth-order valence-electron chi connectivity index (χ4n) is 1.84. The molecule has 0 aromatic heterocycles. The van der Waals surface area contributed by atoms with Crippen LogP contribution in [0.25, 0.3) is 0 Å². The second kappa shape index (κ2) is 12.0. The molecule has 6 nitrogen and oxygen atoms in total. The van der Waals surface area contributed by atoms with E-state index >= 15 is 0 Å². The van der Waals surface area contributed by atoms with Gasteiger partial charge in [0, 0.05) is 24.1 Å². The van der Waals surface area contributed by atoms with E-state index in [1.165, 1.54) is 6.07 Å². The highest BCUT2D eigenvalue weighted by Crippen LogP contribution is 2.16. The van der Waals surface area contributed by atoms with Gasteiger partial charge in [-0.25, -0.2) is 17.9 Å². The van der Waals surface area contributed by atoms with Gasteiger partial charge >= 0.3 is 0 Å². The second-order valence-corrected chi connectivity index (χ2v) is 7.54. The van der Waals surface area contributed by atoms with Crippen LogP contribution < -0.4 is 15.8 Å². The molecule has 0 amide bonds. The first-order valence-corrected chi connectivity index (χ1v) is 9.79. The van der Waals surface area contributed by atoms with Crippen molar-refractivity contribution in [3.05, 3.63) is 34.1 Å². The third kappa shape index (κ3) is 10.4. The van der Waals surface area contributed by atoms with Crippen LogP contribution in [0.2, 0.25) is 0 Å². The van der Waals surface area contributed by atoms with Crippen molar-refractivity contribution in [3.63, 3.8) is 0 Å². The zero-order valence-electron chi connectivity index (χ0n) is 13.4. The van der Waals surface area contributed by atoms with Gasteiger partial charge in [0.05, 0.1) is 5.75 Å². The van der Waals surface area contributed by atoms with E-state index in [1.807, 2.05) is 6.92 Å². The molecule has 4 N–H and O–H groups in total. The van der Waals surface area contributed by atoms with Crippen molar-refractivity contribution in [3.8, 4) is 0 Å². The molecule has 0 aliphatic heterocycles. The van der Waals surface area contributed by atoms with Gasteiger partial charge in [-0.15, -0.1) is 24.0 Å². The van der Waals surface area contributed by atoms with Crippen LogP contribution in [-0.4, -0.2) is 39.8 Å². The Hall–Kier alpha value is -0.460. The van der Waals surface area contributed by atoms with Gasteiger partial charge in [-0.1, -0.05) is 22.0 Å². The van der Waals surface area contributed by atoms with E-state index in [-0.39, 0.29) is 42.1 Å². The molecule has 10 heteroatoms. The number of hydrogen-bond acceptors (Lipinski definition) is 3. The summed E-state index contributed by atoms with van der Waals surface area (Å²) in [6.07, 6.45) is 1.27. The van der Waals surface area contributed by atoms with Gasteiger partial charge in [0.1, 0.15) is 5.82 Å². The lowest BCUT2D eigenvalue weighted by Crippen LogP contribution is -2.40. The monoisotopic (exact) mass is 536 g/mol. The third-order valence-corrected chi connectivity index (χ3v) is 4.18. The Kier molecular flexibility index (Phi) is 11.8. The number of aryl methyl sites for hydroxylation is 1. The van der Waals surface area contributed by atoms with Gasteiger partial charge in [0.15, 0.2) is 5.96 Å². The summed E-state index contributed by atoms with van der Waals surface area (Å²) in [6, 6.07) is 5.00. The van der Waals surface area contributed by atoms with Gasteiger partial charge in [-0.3, -0.25) is 4.99 Å². The van der Waals surface area contributed by atoms with Crippen LogP contribution in [0, 0.1) is 5.82 Å². The van der Waals surface area contributed by atoms with E-state index < -0.39 is 10.0 Å². The van der Waals surface area contributed by atoms with Crippen LogP contribution in [0.5, 0.6) is 0 Å². The van der Waals surface area contributed by atoms with Crippen molar-refractivity contribution in [1.82, 2.24) is 10.6 Å².